The highest BCUT2D eigenvalue weighted by molar-refractivity contribution is 9.10. The molecular weight excluding hydrogens is 348 g/mol. The van der Waals surface area contributed by atoms with Crippen molar-refractivity contribution in [2.45, 2.75) is 32.2 Å². The molecule has 2 atom stereocenters. The average molecular weight is 368 g/mol. The Kier molecular flexibility index (Phi) is 6.22. The van der Waals surface area contributed by atoms with Crippen LogP contribution in [0.5, 0.6) is 0 Å². The van der Waals surface area contributed by atoms with E-state index in [1.165, 1.54) is 11.1 Å². The van der Waals surface area contributed by atoms with Crippen molar-refractivity contribution in [2.24, 2.45) is 0 Å². The van der Waals surface area contributed by atoms with Crippen molar-refractivity contribution in [1.29, 1.82) is 0 Å². The molecule has 2 unspecified atom stereocenters. The van der Waals surface area contributed by atoms with E-state index in [0.29, 0.717) is 5.92 Å². The molecule has 21 heavy (non-hydrogen) atoms. The monoisotopic (exact) mass is 366 g/mol. The smallest absolute Gasteiger partial charge is 0.0551 e. The van der Waals surface area contributed by atoms with E-state index >= 15 is 0 Å². The Labute approximate surface area is 140 Å². The van der Waals surface area contributed by atoms with Crippen molar-refractivity contribution in [3.63, 3.8) is 0 Å². The van der Waals surface area contributed by atoms with Crippen LogP contribution in [0.2, 0.25) is 5.02 Å². The first-order chi connectivity index (χ1) is 10.1. The van der Waals surface area contributed by atoms with E-state index < -0.39 is 0 Å². The number of hydrogen-bond acceptors (Lipinski definition) is 2. The van der Waals surface area contributed by atoms with E-state index in [-0.39, 0.29) is 6.04 Å². The number of pyridine rings is 1. The Balaban J connectivity index is 2.31. The van der Waals surface area contributed by atoms with E-state index in [9.17, 15) is 0 Å². The minimum atomic E-state index is 0.234. The lowest BCUT2D eigenvalue weighted by Gasteiger charge is -2.26. The Hall–Kier alpha value is -0.900. The fourth-order valence-electron chi connectivity index (χ4n) is 2.45. The number of nitrogens with zero attached hydrogens (tertiary/aromatic N) is 1. The Morgan fingerprint density at radius 3 is 2.52 bits per heavy atom. The van der Waals surface area contributed by atoms with Gasteiger partial charge in [-0.15, -0.1) is 0 Å². The number of aromatic nitrogens is 1. The van der Waals surface area contributed by atoms with Crippen LogP contribution in [-0.2, 0) is 0 Å². The van der Waals surface area contributed by atoms with Crippen molar-refractivity contribution in [2.75, 3.05) is 6.54 Å². The van der Waals surface area contributed by atoms with E-state index in [2.05, 4.69) is 58.3 Å². The highest BCUT2D eigenvalue weighted by atomic mass is 79.9. The summed E-state index contributed by atoms with van der Waals surface area (Å²) in [6.45, 7) is 5.39. The predicted octanol–water partition coefficient (Wildman–Crippen LogP) is 5.34. The lowest BCUT2D eigenvalue weighted by molar-refractivity contribution is 0.466. The van der Waals surface area contributed by atoms with Gasteiger partial charge in [0.15, 0.2) is 0 Å². The molecule has 0 aliphatic heterocycles. The van der Waals surface area contributed by atoms with Gasteiger partial charge in [0.05, 0.1) is 5.02 Å². The maximum absolute atomic E-state index is 6.26. The van der Waals surface area contributed by atoms with Gasteiger partial charge in [0, 0.05) is 28.8 Å². The van der Waals surface area contributed by atoms with Crippen LogP contribution in [0.4, 0.5) is 0 Å². The summed E-state index contributed by atoms with van der Waals surface area (Å²) in [5, 5.41) is 4.38. The van der Waals surface area contributed by atoms with Crippen LogP contribution in [0.25, 0.3) is 0 Å². The molecule has 112 valence electrons. The number of hydrogen-bond donors (Lipinski definition) is 1. The van der Waals surface area contributed by atoms with E-state index in [0.717, 1.165) is 22.5 Å². The fraction of sp³-hybridized carbons (Fsp3) is 0.353. The molecule has 0 amide bonds. The Morgan fingerprint density at radius 2 is 1.90 bits per heavy atom. The molecule has 0 fully saturated rings. The van der Waals surface area contributed by atoms with Crippen molar-refractivity contribution >= 4 is 27.5 Å². The summed E-state index contributed by atoms with van der Waals surface area (Å²) in [7, 11) is 0. The zero-order valence-corrected chi connectivity index (χ0v) is 14.7. The minimum Gasteiger partial charge on any atom is -0.309 e. The molecule has 0 aliphatic rings. The molecule has 0 spiro atoms. The minimum absolute atomic E-state index is 0.234. The lowest BCUT2D eigenvalue weighted by Crippen LogP contribution is -2.26. The quantitative estimate of drug-likeness (QED) is 0.745. The third-order valence-electron chi connectivity index (χ3n) is 3.65. The summed E-state index contributed by atoms with van der Waals surface area (Å²) in [6, 6.07) is 10.6. The third kappa shape index (κ3) is 4.29. The number of benzene rings is 1. The molecule has 0 radical (unpaired) electrons. The normalized spacial score (nSPS) is 13.9. The zero-order chi connectivity index (χ0) is 15.2. The topological polar surface area (TPSA) is 24.9 Å². The SMILES string of the molecule is CCCNC(c1ccc(Br)c(Cl)c1)C(C)c1ccncc1. The van der Waals surface area contributed by atoms with E-state index in [1.807, 2.05) is 24.5 Å². The summed E-state index contributed by atoms with van der Waals surface area (Å²) >= 11 is 9.71. The lowest BCUT2D eigenvalue weighted by atomic mass is 9.89. The zero-order valence-electron chi connectivity index (χ0n) is 12.3. The van der Waals surface area contributed by atoms with Gasteiger partial charge in [-0.25, -0.2) is 0 Å². The van der Waals surface area contributed by atoms with Gasteiger partial charge in [0.2, 0.25) is 0 Å². The third-order valence-corrected chi connectivity index (χ3v) is 4.88. The molecule has 1 N–H and O–H groups in total. The van der Waals surface area contributed by atoms with Crippen molar-refractivity contribution in [3.05, 3.63) is 63.3 Å². The second kappa shape index (κ2) is 7.92. The van der Waals surface area contributed by atoms with Crippen LogP contribution < -0.4 is 5.32 Å². The first-order valence-electron chi connectivity index (χ1n) is 7.21. The molecule has 0 aliphatic carbocycles. The molecule has 2 nitrogen and oxygen atoms in total. The summed E-state index contributed by atoms with van der Waals surface area (Å²) in [5.74, 6) is 0.344. The highest BCUT2D eigenvalue weighted by Crippen LogP contribution is 2.33. The molecule has 0 saturated carbocycles. The maximum Gasteiger partial charge on any atom is 0.0551 e. The van der Waals surface area contributed by atoms with Gasteiger partial charge < -0.3 is 5.32 Å². The predicted molar refractivity (Wildman–Crippen MR) is 92.8 cm³/mol. The molecular formula is C17H20BrClN2. The first-order valence-corrected chi connectivity index (χ1v) is 8.38. The molecule has 2 rings (SSSR count). The van der Waals surface area contributed by atoms with Crippen molar-refractivity contribution in [3.8, 4) is 0 Å². The van der Waals surface area contributed by atoms with Gasteiger partial charge in [-0.2, -0.15) is 0 Å². The van der Waals surface area contributed by atoms with Crippen LogP contribution in [0.1, 0.15) is 43.4 Å². The molecule has 1 heterocycles. The van der Waals surface area contributed by atoms with Crippen LogP contribution in [-0.4, -0.2) is 11.5 Å². The second-order valence-electron chi connectivity index (χ2n) is 5.17. The standard InChI is InChI=1S/C17H20BrClN2/c1-3-8-21-17(12(2)13-6-9-20-10-7-13)14-4-5-15(18)16(19)11-14/h4-7,9-12,17,21H,3,8H2,1-2H3. The number of rotatable bonds is 6. The molecule has 0 bridgehead atoms. The molecule has 0 saturated heterocycles. The molecule has 2 aromatic rings. The van der Waals surface area contributed by atoms with Crippen LogP contribution in [0.15, 0.2) is 47.2 Å². The van der Waals surface area contributed by atoms with Crippen molar-refractivity contribution < 1.29 is 0 Å². The van der Waals surface area contributed by atoms with E-state index in [1.54, 1.807) is 0 Å². The number of nitrogens with one attached hydrogen (secondary N) is 1. The van der Waals surface area contributed by atoms with Crippen LogP contribution in [0, 0.1) is 0 Å². The van der Waals surface area contributed by atoms with Crippen LogP contribution in [0.3, 0.4) is 0 Å². The van der Waals surface area contributed by atoms with Gasteiger partial charge in [0.1, 0.15) is 0 Å². The summed E-state index contributed by atoms with van der Waals surface area (Å²) < 4.78 is 0.929. The van der Waals surface area contributed by atoms with Gasteiger partial charge in [-0.1, -0.05) is 31.5 Å². The highest BCUT2D eigenvalue weighted by Gasteiger charge is 2.20. The van der Waals surface area contributed by atoms with Gasteiger partial charge >= 0.3 is 0 Å². The van der Waals surface area contributed by atoms with Gasteiger partial charge in [-0.05, 0) is 64.3 Å². The second-order valence-corrected chi connectivity index (χ2v) is 6.44. The molecule has 1 aromatic carbocycles. The molecule has 1 aromatic heterocycles. The Bertz CT molecular complexity index is 574. The van der Waals surface area contributed by atoms with Gasteiger partial charge in [0.25, 0.3) is 0 Å². The Morgan fingerprint density at radius 1 is 1.19 bits per heavy atom. The summed E-state index contributed by atoms with van der Waals surface area (Å²) in [5.41, 5.74) is 2.48. The maximum atomic E-state index is 6.26. The molecule has 4 heteroatoms. The average Bonchev–Trinajstić information content (AvgIpc) is 2.51. The van der Waals surface area contributed by atoms with Gasteiger partial charge in [-0.3, -0.25) is 4.98 Å². The largest absolute Gasteiger partial charge is 0.309 e. The van der Waals surface area contributed by atoms with Crippen molar-refractivity contribution in [1.82, 2.24) is 10.3 Å². The number of halogens is 2. The summed E-state index contributed by atoms with van der Waals surface area (Å²) in [4.78, 5) is 4.10. The van der Waals surface area contributed by atoms with Crippen LogP contribution >= 0.6 is 27.5 Å². The van der Waals surface area contributed by atoms with E-state index in [4.69, 9.17) is 11.6 Å². The fourth-order valence-corrected chi connectivity index (χ4v) is 2.88. The summed E-state index contributed by atoms with van der Waals surface area (Å²) in [6.07, 6.45) is 4.79. The first kappa shape index (κ1) is 16.5.